The maximum absolute atomic E-state index is 2.21. The molecule has 3 aromatic carbocycles. The van der Waals surface area contributed by atoms with Gasteiger partial charge in [0.2, 0.25) is 0 Å². The lowest BCUT2D eigenvalue weighted by Gasteiger charge is -2.11. The smallest absolute Gasteiger partial charge is 0.0105 e. The van der Waals surface area contributed by atoms with Gasteiger partial charge < -0.3 is 0 Å². The van der Waals surface area contributed by atoms with Gasteiger partial charge in [0.1, 0.15) is 0 Å². The van der Waals surface area contributed by atoms with E-state index in [9.17, 15) is 0 Å². The average molecular weight is 310 g/mol. The molecule has 0 atom stereocenters. The van der Waals surface area contributed by atoms with Gasteiger partial charge in [-0.2, -0.15) is 0 Å². The van der Waals surface area contributed by atoms with Crippen LogP contribution in [0.1, 0.15) is 19.4 Å². The van der Waals surface area contributed by atoms with Crippen LogP contribution in [-0.2, 0) is 0 Å². The molecule has 0 aromatic heterocycles. The molecule has 3 rings (SSSR count). The van der Waals surface area contributed by atoms with E-state index in [-0.39, 0.29) is 0 Å². The third kappa shape index (κ3) is 3.38. The van der Waals surface area contributed by atoms with E-state index in [0.29, 0.717) is 0 Å². The Bertz CT molecular complexity index is 850. The van der Waals surface area contributed by atoms with Crippen molar-refractivity contribution in [2.24, 2.45) is 0 Å². The Morgan fingerprint density at radius 3 is 1.71 bits per heavy atom. The maximum Gasteiger partial charge on any atom is -0.0105 e. The Hall–Kier alpha value is -2.86. The molecule has 0 heteroatoms. The molecule has 3 aromatic rings. The molecule has 0 saturated carbocycles. The van der Waals surface area contributed by atoms with Crippen LogP contribution in [0.2, 0.25) is 0 Å². The number of hydrogen-bond donors (Lipinski definition) is 0. The Balaban J connectivity index is 2.02. The maximum atomic E-state index is 2.21. The predicted octanol–water partition coefficient (Wildman–Crippen LogP) is 7.00. The first kappa shape index (κ1) is 16.0. The standard InChI is InChI=1S/C24H22/c1-3-10-19(4-2)20-15-17-22(18-16-20)24-14-9-8-13-23(24)21-11-6-5-7-12-21/h3-18H,1-2H3/b10-3-,19-4+. The van der Waals surface area contributed by atoms with Crippen molar-refractivity contribution < 1.29 is 0 Å². The zero-order chi connectivity index (χ0) is 16.8. The first-order chi connectivity index (χ1) is 11.8. The van der Waals surface area contributed by atoms with E-state index in [0.717, 1.165) is 0 Å². The van der Waals surface area contributed by atoms with Gasteiger partial charge in [-0.1, -0.05) is 97.1 Å². The molecule has 0 heterocycles. The summed E-state index contributed by atoms with van der Waals surface area (Å²) in [7, 11) is 0. The van der Waals surface area contributed by atoms with Gasteiger partial charge in [-0.15, -0.1) is 0 Å². The van der Waals surface area contributed by atoms with Crippen LogP contribution in [0.4, 0.5) is 0 Å². The van der Waals surface area contributed by atoms with E-state index >= 15 is 0 Å². The second kappa shape index (κ2) is 7.61. The summed E-state index contributed by atoms with van der Waals surface area (Å²) >= 11 is 0. The molecule has 0 aliphatic rings. The molecular formula is C24H22. The molecule has 0 spiro atoms. The molecule has 0 bridgehead atoms. The topological polar surface area (TPSA) is 0 Å². The second-order valence-electron chi connectivity index (χ2n) is 5.73. The summed E-state index contributed by atoms with van der Waals surface area (Å²) in [4.78, 5) is 0. The first-order valence-corrected chi connectivity index (χ1v) is 8.37. The summed E-state index contributed by atoms with van der Waals surface area (Å²) in [6.07, 6.45) is 6.37. The highest BCUT2D eigenvalue weighted by molar-refractivity contribution is 5.84. The summed E-state index contributed by atoms with van der Waals surface area (Å²) in [5.74, 6) is 0. The van der Waals surface area contributed by atoms with Crippen molar-refractivity contribution >= 4 is 5.57 Å². The monoisotopic (exact) mass is 310 g/mol. The van der Waals surface area contributed by atoms with E-state index in [1.807, 2.05) is 6.92 Å². The fourth-order valence-corrected chi connectivity index (χ4v) is 2.99. The summed E-state index contributed by atoms with van der Waals surface area (Å²) in [6.45, 7) is 4.13. The summed E-state index contributed by atoms with van der Waals surface area (Å²) in [6, 6.07) is 28.0. The van der Waals surface area contributed by atoms with Crippen molar-refractivity contribution in [2.45, 2.75) is 13.8 Å². The van der Waals surface area contributed by atoms with Crippen molar-refractivity contribution in [1.82, 2.24) is 0 Å². The van der Waals surface area contributed by atoms with Gasteiger partial charge in [-0.3, -0.25) is 0 Å². The highest BCUT2D eigenvalue weighted by Crippen LogP contribution is 2.32. The van der Waals surface area contributed by atoms with Crippen molar-refractivity contribution in [3.05, 3.63) is 103 Å². The Morgan fingerprint density at radius 1 is 0.625 bits per heavy atom. The van der Waals surface area contributed by atoms with Crippen LogP contribution in [-0.4, -0.2) is 0 Å². The molecule has 118 valence electrons. The number of rotatable bonds is 4. The average Bonchev–Trinajstić information content (AvgIpc) is 2.67. The van der Waals surface area contributed by atoms with E-state index in [2.05, 4.69) is 104 Å². The third-order valence-electron chi connectivity index (χ3n) is 4.20. The van der Waals surface area contributed by atoms with Crippen LogP contribution in [0.15, 0.2) is 97.1 Å². The molecule has 0 nitrogen and oxygen atoms in total. The molecule has 0 unspecified atom stereocenters. The van der Waals surface area contributed by atoms with Gasteiger partial charge in [-0.05, 0) is 47.2 Å². The SMILES string of the molecule is C/C=C\C(=C/C)c1ccc(-c2ccccc2-c2ccccc2)cc1. The summed E-state index contributed by atoms with van der Waals surface area (Å²) in [5.41, 5.74) is 7.53. The molecule has 0 fully saturated rings. The van der Waals surface area contributed by atoms with E-state index < -0.39 is 0 Å². The van der Waals surface area contributed by atoms with E-state index in [1.54, 1.807) is 0 Å². The third-order valence-corrected chi connectivity index (χ3v) is 4.20. The van der Waals surface area contributed by atoms with Crippen LogP contribution in [0.5, 0.6) is 0 Å². The van der Waals surface area contributed by atoms with Gasteiger partial charge in [0.05, 0.1) is 0 Å². The fourth-order valence-electron chi connectivity index (χ4n) is 2.99. The van der Waals surface area contributed by atoms with E-state index in [1.165, 1.54) is 33.4 Å². The summed E-state index contributed by atoms with van der Waals surface area (Å²) < 4.78 is 0. The van der Waals surface area contributed by atoms with Crippen LogP contribution in [0.25, 0.3) is 27.8 Å². The minimum Gasteiger partial charge on any atom is -0.0871 e. The largest absolute Gasteiger partial charge is 0.0871 e. The fraction of sp³-hybridized carbons (Fsp3) is 0.0833. The van der Waals surface area contributed by atoms with Crippen LogP contribution in [0, 0.1) is 0 Å². The first-order valence-electron chi connectivity index (χ1n) is 8.37. The number of hydrogen-bond acceptors (Lipinski definition) is 0. The second-order valence-corrected chi connectivity index (χ2v) is 5.73. The van der Waals surface area contributed by atoms with Crippen LogP contribution < -0.4 is 0 Å². The lowest BCUT2D eigenvalue weighted by Crippen LogP contribution is -1.86. The van der Waals surface area contributed by atoms with Crippen molar-refractivity contribution in [1.29, 1.82) is 0 Å². The molecule has 0 aliphatic carbocycles. The predicted molar refractivity (Wildman–Crippen MR) is 106 cm³/mol. The van der Waals surface area contributed by atoms with Gasteiger partial charge in [0.25, 0.3) is 0 Å². The van der Waals surface area contributed by atoms with Gasteiger partial charge in [0, 0.05) is 0 Å². The summed E-state index contributed by atoms with van der Waals surface area (Å²) in [5, 5.41) is 0. The van der Waals surface area contributed by atoms with Gasteiger partial charge in [0.15, 0.2) is 0 Å². The molecule has 0 saturated heterocycles. The lowest BCUT2D eigenvalue weighted by molar-refractivity contribution is 1.55. The molecule has 0 amide bonds. The number of allylic oxidation sites excluding steroid dienone is 4. The Morgan fingerprint density at radius 2 is 1.17 bits per heavy atom. The zero-order valence-corrected chi connectivity index (χ0v) is 14.2. The Labute approximate surface area is 144 Å². The Kier molecular flexibility index (Phi) is 5.08. The number of benzene rings is 3. The highest BCUT2D eigenvalue weighted by Gasteiger charge is 2.07. The zero-order valence-electron chi connectivity index (χ0n) is 14.2. The highest BCUT2D eigenvalue weighted by atomic mass is 14.1. The van der Waals surface area contributed by atoms with Crippen molar-refractivity contribution in [2.75, 3.05) is 0 Å². The van der Waals surface area contributed by atoms with Crippen LogP contribution >= 0.6 is 0 Å². The molecular weight excluding hydrogens is 288 g/mol. The minimum absolute atomic E-state index is 1.24. The molecule has 0 N–H and O–H groups in total. The van der Waals surface area contributed by atoms with Gasteiger partial charge in [-0.25, -0.2) is 0 Å². The van der Waals surface area contributed by atoms with Crippen molar-refractivity contribution in [3.8, 4) is 22.3 Å². The molecule has 0 aliphatic heterocycles. The quantitative estimate of drug-likeness (QED) is 0.455. The van der Waals surface area contributed by atoms with Crippen LogP contribution in [0.3, 0.4) is 0 Å². The normalized spacial score (nSPS) is 11.8. The lowest BCUT2D eigenvalue weighted by atomic mass is 9.93. The van der Waals surface area contributed by atoms with Crippen molar-refractivity contribution in [3.63, 3.8) is 0 Å². The molecule has 0 radical (unpaired) electrons. The molecule has 24 heavy (non-hydrogen) atoms. The minimum atomic E-state index is 1.24. The van der Waals surface area contributed by atoms with E-state index in [4.69, 9.17) is 0 Å². The van der Waals surface area contributed by atoms with Gasteiger partial charge >= 0.3 is 0 Å².